The van der Waals surface area contributed by atoms with E-state index in [1.807, 2.05) is 27.7 Å². The first kappa shape index (κ1) is 15.3. The summed E-state index contributed by atoms with van der Waals surface area (Å²) >= 11 is 0. The van der Waals surface area contributed by atoms with Gasteiger partial charge in [0, 0.05) is 6.04 Å². The van der Waals surface area contributed by atoms with Gasteiger partial charge in [-0.3, -0.25) is 4.79 Å². The molecule has 0 saturated heterocycles. The predicted octanol–water partition coefficient (Wildman–Crippen LogP) is 1.38. The monoisotopic (exact) mass is 266 g/mol. The Morgan fingerprint density at radius 2 is 1.84 bits per heavy atom. The standard InChI is InChI=1S/C13H22N4O2/c1-6-10-11(7-2)15-16-13(14-10)17(9(3)4)8-12(18)19-5/h9H,6-8H2,1-5H3. The molecule has 0 atom stereocenters. The lowest BCUT2D eigenvalue weighted by Gasteiger charge is -2.25. The van der Waals surface area contributed by atoms with Gasteiger partial charge in [0.25, 0.3) is 0 Å². The Morgan fingerprint density at radius 1 is 1.21 bits per heavy atom. The Kier molecular flexibility index (Phi) is 5.66. The number of rotatable bonds is 6. The highest BCUT2D eigenvalue weighted by Gasteiger charge is 2.19. The van der Waals surface area contributed by atoms with E-state index in [1.54, 1.807) is 4.90 Å². The highest BCUT2D eigenvalue weighted by atomic mass is 16.5. The van der Waals surface area contributed by atoms with E-state index < -0.39 is 0 Å². The third-order valence-electron chi connectivity index (χ3n) is 2.91. The third kappa shape index (κ3) is 3.87. The fraction of sp³-hybridized carbons (Fsp3) is 0.692. The molecule has 0 amide bonds. The molecule has 0 aromatic carbocycles. The van der Waals surface area contributed by atoms with Gasteiger partial charge in [-0.2, -0.15) is 5.10 Å². The SMILES string of the molecule is CCc1nnc(N(CC(=O)OC)C(C)C)nc1CC. The number of anilines is 1. The number of aromatic nitrogens is 3. The molecule has 1 rings (SSSR count). The Labute approximate surface area is 114 Å². The maximum Gasteiger partial charge on any atom is 0.325 e. The van der Waals surface area contributed by atoms with Crippen molar-refractivity contribution in [3.8, 4) is 0 Å². The van der Waals surface area contributed by atoms with Crippen molar-refractivity contribution in [2.24, 2.45) is 0 Å². The normalized spacial score (nSPS) is 10.6. The van der Waals surface area contributed by atoms with Crippen LogP contribution in [0.4, 0.5) is 5.95 Å². The van der Waals surface area contributed by atoms with Crippen molar-refractivity contribution in [1.29, 1.82) is 0 Å². The predicted molar refractivity (Wildman–Crippen MR) is 73.1 cm³/mol. The van der Waals surface area contributed by atoms with E-state index in [-0.39, 0.29) is 18.6 Å². The first-order valence-corrected chi connectivity index (χ1v) is 6.59. The van der Waals surface area contributed by atoms with Gasteiger partial charge < -0.3 is 9.64 Å². The lowest BCUT2D eigenvalue weighted by molar-refractivity contribution is -0.139. The van der Waals surface area contributed by atoms with Gasteiger partial charge in [-0.05, 0) is 26.7 Å². The molecule has 6 heteroatoms. The number of methoxy groups -OCH3 is 1. The molecular formula is C13H22N4O2. The molecular weight excluding hydrogens is 244 g/mol. The van der Waals surface area contributed by atoms with E-state index in [0.29, 0.717) is 5.95 Å². The maximum atomic E-state index is 11.4. The van der Waals surface area contributed by atoms with Crippen LogP contribution < -0.4 is 4.90 Å². The van der Waals surface area contributed by atoms with E-state index in [4.69, 9.17) is 4.74 Å². The summed E-state index contributed by atoms with van der Waals surface area (Å²) in [5.74, 6) is 0.171. The molecule has 0 saturated carbocycles. The summed E-state index contributed by atoms with van der Waals surface area (Å²) in [4.78, 5) is 17.7. The molecule has 19 heavy (non-hydrogen) atoms. The molecule has 0 radical (unpaired) electrons. The van der Waals surface area contributed by atoms with E-state index >= 15 is 0 Å². The summed E-state index contributed by atoms with van der Waals surface area (Å²) in [6, 6.07) is 0.0954. The van der Waals surface area contributed by atoms with Crippen molar-refractivity contribution in [2.45, 2.75) is 46.6 Å². The molecule has 0 fully saturated rings. The summed E-state index contributed by atoms with van der Waals surface area (Å²) in [5.41, 5.74) is 1.84. The van der Waals surface area contributed by atoms with Crippen LogP contribution in [0.2, 0.25) is 0 Å². The molecule has 1 aromatic heterocycles. The van der Waals surface area contributed by atoms with Gasteiger partial charge in [0.2, 0.25) is 5.95 Å². The van der Waals surface area contributed by atoms with Crippen LogP contribution in [0.25, 0.3) is 0 Å². The lowest BCUT2D eigenvalue weighted by atomic mass is 10.2. The minimum Gasteiger partial charge on any atom is -0.468 e. The maximum absolute atomic E-state index is 11.4. The third-order valence-corrected chi connectivity index (χ3v) is 2.91. The quantitative estimate of drug-likeness (QED) is 0.725. The van der Waals surface area contributed by atoms with Gasteiger partial charge in [0.15, 0.2) is 0 Å². The topological polar surface area (TPSA) is 68.2 Å². The largest absolute Gasteiger partial charge is 0.468 e. The van der Waals surface area contributed by atoms with Crippen LogP contribution >= 0.6 is 0 Å². The van der Waals surface area contributed by atoms with Crippen LogP contribution in [0.3, 0.4) is 0 Å². The zero-order chi connectivity index (χ0) is 14.4. The first-order valence-electron chi connectivity index (χ1n) is 6.59. The smallest absolute Gasteiger partial charge is 0.325 e. The van der Waals surface area contributed by atoms with E-state index in [2.05, 4.69) is 15.2 Å². The summed E-state index contributed by atoms with van der Waals surface area (Å²) in [7, 11) is 1.37. The van der Waals surface area contributed by atoms with Crippen LogP contribution in [0.5, 0.6) is 0 Å². The number of aryl methyl sites for hydroxylation is 2. The Hall–Kier alpha value is -1.72. The van der Waals surface area contributed by atoms with Gasteiger partial charge in [-0.15, -0.1) is 5.10 Å². The van der Waals surface area contributed by atoms with Crippen LogP contribution in [-0.2, 0) is 22.4 Å². The molecule has 0 spiro atoms. The second-order valence-electron chi connectivity index (χ2n) is 4.51. The number of ether oxygens (including phenoxy) is 1. The average molecular weight is 266 g/mol. The van der Waals surface area contributed by atoms with Gasteiger partial charge in [0.05, 0.1) is 18.5 Å². The van der Waals surface area contributed by atoms with Gasteiger partial charge >= 0.3 is 5.97 Å². The second-order valence-corrected chi connectivity index (χ2v) is 4.51. The fourth-order valence-corrected chi connectivity index (χ4v) is 1.74. The van der Waals surface area contributed by atoms with Crippen molar-refractivity contribution in [1.82, 2.24) is 15.2 Å². The summed E-state index contributed by atoms with van der Waals surface area (Å²) in [6.45, 7) is 8.15. The highest BCUT2D eigenvalue weighted by molar-refractivity contribution is 5.74. The minimum absolute atomic E-state index is 0.0954. The van der Waals surface area contributed by atoms with E-state index in [9.17, 15) is 4.79 Å². The molecule has 0 aliphatic carbocycles. The van der Waals surface area contributed by atoms with E-state index in [1.165, 1.54) is 7.11 Å². The highest BCUT2D eigenvalue weighted by Crippen LogP contribution is 2.13. The summed E-state index contributed by atoms with van der Waals surface area (Å²) < 4.78 is 4.70. The molecule has 0 unspecified atom stereocenters. The van der Waals surface area contributed by atoms with Crippen LogP contribution in [0.15, 0.2) is 0 Å². The van der Waals surface area contributed by atoms with Crippen LogP contribution in [-0.4, -0.2) is 40.8 Å². The van der Waals surface area contributed by atoms with Gasteiger partial charge in [0.1, 0.15) is 6.54 Å². The number of carbonyl (C=O) groups excluding carboxylic acids is 1. The number of hydrogen-bond acceptors (Lipinski definition) is 6. The Bertz CT molecular complexity index is 435. The van der Waals surface area contributed by atoms with Crippen LogP contribution in [0.1, 0.15) is 39.1 Å². The van der Waals surface area contributed by atoms with Crippen molar-refractivity contribution in [3.63, 3.8) is 0 Å². The molecule has 1 heterocycles. The zero-order valence-corrected chi connectivity index (χ0v) is 12.3. The molecule has 0 aliphatic heterocycles. The average Bonchev–Trinajstić information content (AvgIpc) is 2.43. The Balaban J connectivity index is 3.05. The summed E-state index contributed by atoms with van der Waals surface area (Å²) in [5, 5.41) is 8.32. The van der Waals surface area contributed by atoms with E-state index in [0.717, 1.165) is 24.2 Å². The molecule has 0 N–H and O–H groups in total. The summed E-state index contributed by atoms with van der Waals surface area (Å²) in [6.07, 6.45) is 1.61. The number of nitrogens with zero attached hydrogens (tertiary/aromatic N) is 4. The minimum atomic E-state index is -0.310. The van der Waals surface area contributed by atoms with Crippen molar-refractivity contribution < 1.29 is 9.53 Å². The van der Waals surface area contributed by atoms with Crippen molar-refractivity contribution in [2.75, 3.05) is 18.6 Å². The lowest BCUT2D eigenvalue weighted by Crippen LogP contribution is -2.38. The number of hydrogen-bond donors (Lipinski definition) is 0. The Morgan fingerprint density at radius 3 is 2.32 bits per heavy atom. The van der Waals surface area contributed by atoms with Gasteiger partial charge in [-0.1, -0.05) is 13.8 Å². The number of carbonyl (C=O) groups is 1. The molecule has 0 bridgehead atoms. The van der Waals surface area contributed by atoms with Crippen molar-refractivity contribution in [3.05, 3.63) is 11.4 Å². The molecule has 106 valence electrons. The second kappa shape index (κ2) is 7.01. The number of esters is 1. The zero-order valence-electron chi connectivity index (χ0n) is 12.3. The first-order chi connectivity index (χ1) is 9.03. The molecule has 6 nitrogen and oxygen atoms in total. The van der Waals surface area contributed by atoms with Gasteiger partial charge in [-0.25, -0.2) is 4.98 Å². The van der Waals surface area contributed by atoms with Crippen LogP contribution in [0, 0.1) is 0 Å². The fourth-order valence-electron chi connectivity index (χ4n) is 1.74. The molecule has 0 aliphatic rings. The van der Waals surface area contributed by atoms with Crippen molar-refractivity contribution >= 4 is 11.9 Å². The molecule has 1 aromatic rings.